The van der Waals surface area contributed by atoms with E-state index in [0.29, 0.717) is 29.1 Å². The van der Waals surface area contributed by atoms with Gasteiger partial charge >= 0.3 is 5.97 Å². The number of benzene rings is 1. The first-order valence-corrected chi connectivity index (χ1v) is 8.37. The van der Waals surface area contributed by atoms with Gasteiger partial charge in [-0.1, -0.05) is 23.8 Å². The van der Waals surface area contributed by atoms with Gasteiger partial charge in [-0.3, -0.25) is 4.79 Å². The number of hydrogen-bond acceptors (Lipinski definition) is 4. The minimum absolute atomic E-state index is 0.287. The van der Waals surface area contributed by atoms with Crippen LogP contribution >= 0.6 is 0 Å². The lowest BCUT2D eigenvalue weighted by Crippen LogP contribution is -2.31. The summed E-state index contributed by atoms with van der Waals surface area (Å²) in [4.78, 5) is 12.5. The molecule has 4 nitrogen and oxygen atoms in total. The van der Waals surface area contributed by atoms with E-state index in [9.17, 15) is 13.2 Å². The monoisotopic (exact) mass is 308 g/mol. The molecule has 0 spiro atoms. The zero-order valence-electron chi connectivity index (χ0n) is 12.5. The van der Waals surface area contributed by atoms with E-state index in [1.54, 1.807) is 30.3 Å². The SMILES string of the molecule is COC(=O)C1(C)CC=C(S(=O)(=O)c2ccc(C)cc2)CC1. The molecule has 0 fully saturated rings. The molecule has 1 aromatic rings. The summed E-state index contributed by atoms with van der Waals surface area (Å²) in [6.45, 7) is 3.72. The number of hydrogen-bond donors (Lipinski definition) is 0. The van der Waals surface area contributed by atoms with Crippen LogP contribution in [0.5, 0.6) is 0 Å². The van der Waals surface area contributed by atoms with Crippen molar-refractivity contribution in [3.63, 3.8) is 0 Å². The zero-order valence-corrected chi connectivity index (χ0v) is 13.4. The highest BCUT2D eigenvalue weighted by Gasteiger charge is 2.38. The van der Waals surface area contributed by atoms with Gasteiger partial charge in [0.1, 0.15) is 0 Å². The summed E-state index contributed by atoms with van der Waals surface area (Å²) in [5.74, 6) is -0.287. The number of carbonyl (C=O) groups is 1. The summed E-state index contributed by atoms with van der Waals surface area (Å²) in [6.07, 6.45) is 2.90. The smallest absolute Gasteiger partial charge is 0.311 e. The molecule has 1 aliphatic rings. The average molecular weight is 308 g/mol. The summed E-state index contributed by atoms with van der Waals surface area (Å²) < 4.78 is 29.9. The molecule has 0 radical (unpaired) electrons. The largest absolute Gasteiger partial charge is 0.469 e. The van der Waals surface area contributed by atoms with Gasteiger partial charge in [0.05, 0.1) is 17.4 Å². The van der Waals surface area contributed by atoms with E-state index in [0.717, 1.165) is 5.56 Å². The van der Waals surface area contributed by atoms with Crippen molar-refractivity contribution in [2.75, 3.05) is 7.11 Å². The number of sulfone groups is 1. The van der Waals surface area contributed by atoms with Gasteiger partial charge in [-0.2, -0.15) is 0 Å². The lowest BCUT2D eigenvalue weighted by molar-refractivity contribution is -0.152. The molecule has 0 amide bonds. The summed E-state index contributed by atoms with van der Waals surface area (Å²) in [5.41, 5.74) is 0.394. The Balaban J connectivity index is 2.28. The topological polar surface area (TPSA) is 60.4 Å². The van der Waals surface area contributed by atoms with Crippen LogP contribution in [0.1, 0.15) is 31.7 Å². The number of carbonyl (C=O) groups excluding carboxylic acids is 1. The highest BCUT2D eigenvalue weighted by atomic mass is 32.2. The first kappa shape index (κ1) is 15.8. The Kier molecular flexibility index (Phi) is 4.23. The minimum Gasteiger partial charge on any atom is -0.469 e. The fraction of sp³-hybridized carbons (Fsp3) is 0.438. The van der Waals surface area contributed by atoms with Crippen molar-refractivity contribution in [1.29, 1.82) is 0 Å². The van der Waals surface area contributed by atoms with Crippen LogP contribution in [0.3, 0.4) is 0 Å². The molecule has 21 heavy (non-hydrogen) atoms. The second kappa shape index (κ2) is 5.64. The van der Waals surface area contributed by atoms with Crippen LogP contribution < -0.4 is 0 Å². The molecule has 0 bridgehead atoms. The van der Waals surface area contributed by atoms with E-state index >= 15 is 0 Å². The predicted octanol–water partition coefficient (Wildman–Crippen LogP) is 3.02. The average Bonchev–Trinajstić information content (AvgIpc) is 2.47. The molecular formula is C16H20O4S. The quantitative estimate of drug-likeness (QED) is 0.805. The first-order chi connectivity index (χ1) is 9.79. The molecule has 0 N–H and O–H groups in total. The van der Waals surface area contributed by atoms with Crippen LogP contribution in [0, 0.1) is 12.3 Å². The van der Waals surface area contributed by atoms with Crippen LogP contribution in [0.4, 0.5) is 0 Å². The number of methoxy groups -OCH3 is 1. The van der Waals surface area contributed by atoms with E-state index in [4.69, 9.17) is 4.74 Å². The van der Waals surface area contributed by atoms with E-state index in [1.807, 2.05) is 13.8 Å². The lowest BCUT2D eigenvalue weighted by Gasteiger charge is -2.29. The Bertz CT molecular complexity index is 671. The zero-order chi connectivity index (χ0) is 15.7. The number of ether oxygens (including phenoxy) is 1. The lowest BCUT2D eigenvalue weighted by atomic mass is 9.79. The highest BCUT2D eigenvalue weighted by molar-refractivity contribution is 7.95. The maximum absolute atomic E-state index is 12.6. The van der Waals surface area contributed by atoms with Gasteiger partial charge in [-0.15, -0.1) is 0 Å². The summed E-state index contributed by atoms with van der Waals surface area (Å²) in [7, 11) is -2.10. The van der Waals surface area contributed by atoms with E-state index in [2.05, 4.69) is 0 Å². The van der Waals surface area contributed by atoms with E-state index < -0.39 is 15.3 Å². The molecular weight excluding hydrogens is 288 g/mol. The van der Waals surface area contributed by atoms with Gasteiger partial charge < -0.3 is 4.74 Å². The molecule has 0 saturated heterocycles. The van der Waals surface area contributed by atoms with Crippen molar-refractivity contribution in [3.05, 3.63) is 40.8 Å². The van der Waals surface area contributed by atoms with Crippen molar-refractivity contribution in [2.45, 2.75) is 38.0 Å². The van der Waals surface area contributed by atoms with Gasteiger partial charge in [-0.05, 0) is 45.2 Å². The van der Waals surface area contributed by atoms with Crippen molar-refractivity contribution >= 4 is 15.8 Å². The molecule has 1 unspecified atom stereocenters. The number of allylic oxidation sites excluding steroid dienone is 2. The third-order valence-corrected chi connectivity index (χ3v) is 6.01. The van der Waals surface area contributed by atoms with Crippen LogP contribution in [0.2, 0.25) is 0 Å². The second-order valence-electron chi connectivity index (χ2n) is 5.74. The van der Waals surface area contributed by atoms with Gasteiger partial charge in [-0.25, -0.2) is 8.42 Å². The molecule has 2 rings (SSSR count). The standard InChI is InChI=1S/C16H20O4S/c1-12-4-6-13(7-5-12)21(18,19)14-8-10-16(2,11-9-14)15(17)20-3/h4-8H,9-11H2,1-3H3. The van der Waals surface area contributed by atoms with Crippen molar-refractivity contribution in [2.24, 2.45) is 5.41 Å². The van der Waals surface area contributed by atoms with E-state index in [-0.39, 0.29) is 5.97 Å². The predicted molar refractivity (Wildman–Crippen MR) is 80.4 cm³/mol. The van der Waals surface area contributed by atoms with Crippen molar-refractivity contribution in [3.8, 4) is 0 Å². The molecule has 0 aliphatic heterocycles. The Labute approximate surface area is 125 Å². The third kappa shape index (κ3) is 3.02. The molecule has 1 atom stereocenters. The Morgan fingerprint density at radius 2 is 1.86 bits per heavy atom. The third-order valence-electron chi connectivity index (χ3n) is 4.06. The maximum atomic E-state index is 12.6. The summed E-state index contributed by atoms with van der Waals surface area (Å²) >= 11 is 0. The number of rotatable bonds is 3. The van der Waals surface area contributed by atoms with E-state index in [1.165, 1.54) is 7.11 Å². The maximum Gasteiger partial charge on any atom is 0.311 e. The van der Waals surface area contributed by atoms with Gasteiger partial charge in [0.2, 0.25) is 9.84 Å². The molecule has 1 aliphatic carbocycles. The van der Waals surface area contributed by atoms with Crippen LogP contribution in [0.25, 0.3) is 0 Å². The van der Waals surface area contributed by atoms with Crippen molar-refractivity contribution < 1.29 is 17.9 Å². The molecule has 0 saturated carbocycles. The van der Waals surface area contributed by atoms with Gasteiger partial charge in [0.15, 0.2) is 0 Å². The number of aryl methyl sites for hydroxylation is 1. The Morgan fingerprint density at radius 1 is 1.24 bits per heavy atom. The molecule has 5 heteroatoms. The molecule has 0 aromatic heterocycles. The summed E-state index contributed by atoms with van der Waals surface area (Å²) in [6, 6.07) is 6.82. The summed E-state index contributed by atoms with van der Waals surface area (Å²) in [5, 5.41) is 0. The molecule has 1 aromatic carbocycles. The van der Waals surface area contributed by atoms with Gasteiger partial charge in [0.25, 0.3) is 0 Å². The van der Waals surface area contributed by atoms with Crippen LogP contribution in [-0.2, 0) is 19.4 Å². The van der Waals surface area contributed by atoms with Gasteiger partial charge in [0, 0.05) is 4.91 Å². The van der Waals surface area contributed by atoms with Crippen LogP contribution in [0.15, 0.2) is 40.1 Å². The highest BCUT2D eigenvalue weighted by Crippen LogP contribution is 2.39. The Hall–Kier alpha value is -1.62. The fourth-order valence-corrected chi connectivity index (χ4v) is 3.96. The normalized spacial score (nSPS) is 22.5. The second-order valence-corrected chi connectivity index (χ2v) is 7.75. The minimum atomic E-state index is -3.45. The number of esters is 1. The van der Waals surface area contributed by atoms with Crippen molar-refractivity contribution in [1.82, 2.24) is 0 Å². The Morgan fingerprint density at radius 3 is 2.33 bits per heavy atom. The molecule has 0 heterocycles. The van der Waals surface area contributed by atoms with Crippen LogP contribution in [-0.4, -0.2) is 21.5 Å². The first-order valence-electron chi connectivity index (χ1n) is 6.89. The fourth-order valence-electron chi connectivity index (χ4n) is 2.49. The molecule has 114 valence electrons.